The first-order valence-corrected chi connectivity index (χ1v) is 32.6. The lowest BCUT2D eigenvalue weighted by Gasteiger charge is -2.35. The van der Waals surface area contributed by atoms with Crippen LogP contribution in [0.3, 0.4) is 0 Å². The predicted molar refractivity (Wildman–Crippen MR) is 351 cm³/mol. The summed E-state index contributed by atoms with van der Waals surface area (Å²) in [4.78, 5) is 145. The minimum absolute atomic E-state index is 0.0434. The molecule has 0 saturated heterocycles. The Bertz CT molecular complexity index is 4150. The first kappa shape index (κ1) is 70.0. The van der Waals surface area contributed by atoms with Crippen LogP contribution < -0.4 is 32.6 Å². The van der Waals surface area contributed by atoms with Gasteiger partial charge in [-0.15, -0.1) is 5.10 Å². The molecule has 2 aliphatic heterocycles. The highest BCUT2D eigenvalue weighted by Crippen LogP contribution is 2.42. The Kier molecular flexibility index (Phi) is 23.1. The molecule has 7 aromatic rings. The van der Waals surface area contributed by atoms with Crippen LogP contribution >= 0.6 is 11.8 Å². The average Bonchev–Trinajstić information content (AvgIpc) is 1.48. The number of pyridine rings is 2. The lowest BCUT2D eigenvalue weighted by atomic mass is 9.85. The summed E-state index contributed by atoms with van der Waals surface area (Å²) in [5, 5.41) is 50.8. The molecular weight excluding hydrogens is 1260 g/mol. The van der Waals surface area contributed by atoms with Gasteiger partial charge in [0.1, 0.15) is 24.9 Å². The second kappa shape index (κ2) is 31.7. The molecule has 2 aromatic carbocycles. The number of phenols is 1. The highest BCUT2D eigenvalue weighted by atomic mass is 32.2. The smallest absolute Gasteiger partial charge is 0.355 e. The number of thioether (sulfide) groups is 1. The molecule has 5 amide bonds. The van der Waals surface area contributed by atoms with Crippen LogP contribution in [0.15, 0.2) is 65.7 Å². The van der Waals surface area contributed by atoms with Crippen molar-refractivity contribution in [3.63, 3.8) is 0 Å². The zero-order valence-electron chi connectivity index (χ0n) is 53.9. The Balaban J connectivity index is 0.661. The van der Waals surface area contributed by atoms with Gasteiger partial charge in [0.2, 0.25) is 41.1 Å². The second-order valence-corrected chi connectivity index (χ2v) is 24.4. The third-order valence-electron chi connectivity index (χ3n) is 16.3. The van der Waals surface area contributed by atoms with Crippen LogP contribution in [0, 0.1) is 0 Å². The lowest BCUT2D eigenvalue weighted by molar-refractivity contribution is -0.190. The van der Waals surface area contributed by atoms with Crippen molar-refractivity contribution < 1.29 is 63.1 Å². The van der Waals surface area contributed by atoms with Crippen LogP contribution in [-0.4, -0.2) is 193 Å². The molecule has 2 aliphatic rings. The summed E-state index contributed by atoms with van der Waals surface area (Å²) in [7, 11) is 3.79. The largest absolute Gasteiger partial charge is 0.508 e. The van der Waals surface area contributed by atoms with Crippen molar-refractivity contribution in [3.05, 3.63) is 110 Å². The monoisotopic (exact) mass is 1340 g/mol. The number of nitrogens with one attached hydrogen (secondary N) is 4. The van der Waals surface area contributed by atoms with Gasteiger partial charge in [0, 0.05) is 123 Å². The molecule has 96 heavy (non-hydrogen) atoms. The minimum atomic E-state index is -1.95. The molecule has 0 spiro atoms. The van der Waals surface area contributed by atoms with E-state index in [0.29, 0.717) is 77.0 Å². The molecule has 1 unspecified atom stereocenters. The number of aromatic hydroxyl groups is 2. The van der Waals surface area contributed by atoms with Gasteiger partial charge in [-0.25, -0.2) is 34.0 Å². The number of aryl methyl sites for hydroxylation is 1. The van der Waals surface area contributed by atoms with Crippen molar-refractivity contribution in [3.8, 4) is 23.0 Å². The second-order valence-electron chi connectivity index (χ2n) is 23.2. The number of amides is 5. The number of cyclic esters (lactones) is 1. The van der Waals surface area contributed by atoms with Crippen molar-refractivity contribution >= 4 is 92.9 Å². The SMILES string of the molecule is CCC(=O)N(CCNC(=O)CCCc1cn(CC(=O)O[C@]2(CC)C(=O)OCc3c2cc2n(c3=O)Cc3cc4c(CN(C)C)c(O)ccc4nc3-2)nn1)CCN(CCSCCNC(=O)CCC(NC(=O)c1ccc(NCc2cnc3nc(N)nc(O)c3n2)cc1)C(=O)O)C(=O)CC. The van der Waals surface area contributed by atoms with E-state index < -0.39 is 59.3 Å². The van der Waals surface area contributed by atoms with Crippen molar-refractivity contribution in [2.45, 2.75) is 117 Å². The fraction of sp³-hybridized carbons (Fsp3) is 0.438. The average molecular weight is 1340 g/mol. The quantitative estimate of drug-likeness (QED) is 0.0216. The summed E-state index contributed by atoms with van der Waals surface area (Å²) in [6, 6.07) is 11.8. The van der Waals surface area contributed by atoms with E-state index in [0.717, 1.165) is 10.9 Å². The van der Waals surface area contributed by atoms with Gasteiger partial charge in [-0.3, -0.25) is 28.8 Å². The Hall–Kier alpha value is -10.4. The summed E-state index contributed by atoms with van der Waals surface area (Å²) < 4.78 is 14.3. The number of phenolic OH excluding ortho intramolecular Hbond substituents is 1. The number of benzene rings is 2. The molecule has 0 aliphatic carbocycles. The van der Waals surface area contributed by atoms with E-state index in [4.69, 9.17) is 20.2 Å². The number of ether oxygens (including phenoxy) is 2. The number of hydrogen-bond acceptors (Lipinski definition) is 24. The summed E-state index contributed by atoms with van der Waals surface area (Å²) in [6.45, 7) is 6.78. The summed E-state index contributed by atoms with van der Waals surface area (Å²) in [6.07, 6.45) is 3.93. The number of nitrogens with two attached hydrogens (primary N) is 1. The summed E-state index contributed by atoms with van der Waals surface area (Å²) >= 11 is 1.50. The normalized spacial score (nSPS) is 14.1. The minimum Gasteiger partial charge on any atom is -0.508 e. The number of anilines is 2. The van der Waals surface area contributed by atoms with Gasteiger partial charge >= 0.3 is 17.9 Å². The molecule has 5 aromatic heterocycles. The van der Waals surface area contributed by atoms with E-state index in [-0.39, 0.29) is 148 Å². The maximum atomic E-state index is 14.2. The van der Waals surface area contributed by atoms with Gasteiger partial charge < -0.3 is 71.1 Å². The third-order valence-corrected chi connectivity index (χ3v) is 17.3. The Morgan fingerprint density at radius 3 is 2.30 bits per heavy atom. The molecule has 508 valence electrons. The first-order valence-electron chi connectivity index (χ1n) is 31.5. The van der Waals surface area contributed by atoms with Crippen LogP contribution in [0.1, 0.15) is 110 Å². The molecule has 0 fully saturated rings. The summed E-state index contributed by atoms with van der Waals surface area (Å²) in [5.41, 5.74) is 8.63. The van der Waals surface area contributed by atoms with Crippen LogP contribution in [0.5, 0.6) is 11.6 Å². The Morgan fingerprint density at radius 2 is 1.58 bits per heavy atom. The fourth-order valence-electron chi connectivity index (χ4n) is 11.3. The molecule has 0 saturated carbocycles. The molecule has 2 atom stereocenters. The van der Waals surface area contributed by atoms with Crippen LogP contribution in [0.25, 0.3) is 33.5 Å². The van der Waals surface area contributed by atoms with Crippen molar-refractivity contribution in [2.75, 3.05) is 75.9 Å². The third kappa shape index (κ3) is 16.9. The van der Waals surface area contributed by atoms with Crippen LogP contribution in [0.4, 0.5) is 11.6 Å². The maximum Gasteiger partial charge on any atom is 0.355 e. The van der Waals surface area contributed by atoms with Gasteiger partial charge in [0.15, 0.2) is 11.2 Å². The fourth-order valence-corrected chi connectivity index (χ4v) is 12.1. The highest BCUT2D eigenvalue weighted by molar-refractivity contribution is 7.99. The number of carbonyl (C=O) groups excluding carboxylic acids is 7. The van der Waals surface area contributed by atoms with E-state index in [1.165, 1.54) is 41.0 Å². The molecule has 9 rings (SSSR count). The zero-order chi connectivity index (χ0) is 68.8. The number of nitrogens with zero attached hydrogens (tertiary/aromatic N) is 12. The number of carboxylic acids is 1. The number of aliphatic carboxylic acids is 1. The predicted octanol–water partition coefficient (Wildman–Crippen LogP) is 2.75. The molecule has 9 N–H and O–H groups in total. The topological polar surface area (TPSA) is 417 Å². The molecule has 7 heterocycles. The molecule has 32 heteroatoms. The zero-order valence-corrected chi connectivity index (χ0v) is 54.7. The van der Waals surface area contributed by atoms with Gasteiger partial charge in [0.05, 0.1) is 53.1 Å². The van der Waals surface area contributed by atoms with Gasteiger partial charge in [-0.05, 0) is 88.3 Å². The first-order chi connectivity index (χ1) is 46.1. The van der Waals surface area contributed by atoms with Crippen molar-refractivity contribution in [2.24, 2.45) is 0 Å². The molecule has 31 nitrogen and oxygen atoms in total. The Labute approximate surface area is 554 Å². The number of aromatic nitrogens is 9. The molecule has 0 bridgehead atoms. The van der Waals surface area contributed by atoms with E-state index in [1.807, 2.05) is 25.1 Å². The number of fused-ring (bicyclic) bond motifs is 6. The number of nitrogen functional groups attached to an aromatic ring is 1. The number of esters is 2. The van der Waals surface area contributed by atoms with Crippen LogP contribution in [-0.2, 0) is 87.8 Å². The van der Waals surface area contributed by atoms with Gasteiger partial charge in [-0.1, -0.05) is 26.0 Å². The Morgan fingerprint density at radius 1 is 0.854 bits per heavy atom. The summed E-state index contributed by atoms with van der Waals surface area (Å²) in [5.74, 6) is -3.89. The number of rotatable bonds is 33. The molecular formula is C64H77N17O14S. The molecule has 0 radical (unpaired) electrons. The number of carboxylic acid groups (broad SMARTS) is 1. The highest BCUT2D eigenvalue weighted by Gasteiger charge is 2.50. The van der Waals surface area contributed by atoms with Crippen molar-refractivity contribution in [1.29, 1.82) is 0 Å². The van der Waals surface area contributed by atoms with E-state index in [9.17, 15) is 58.5 Å². The van der Waals surface area contributed by atoms with Gasteiger partial charge in [-0.2, -0.15) is 21.7 Å². The van der Waals surface area contributed by atoms with E-state index >= 15 is 0 Å². The van der Waals surface area contributed by atoms with Crippen molar-refractivity contribution in [1.82, 2.24) is 75.1 Å². The number of hydrogen-bond donors (Lipinski definition) is 8. The van der Waals surface area contributed by atoms with Gasteiger partial charge in [0.25, 0.3) is 11.5 Å². The van der Waals surface area contributed by atoms with E-state index in [1.54, 1.807) is 65.5 Å². The lowest BCUT2D eigenvalue weighted by Crippen LogP contribution is -2.48. The standard InChI is InChI=1S/C64H77N17O14S/c1-6-52(85)78(23-24-79(53(86)7-2)25-27-96-26-21-67-51(84)19-17-47(61(91)92)72-58(88)37-12-14-39(15-13-37)68-30-41-31-69-57-56(70-41)59(89)74-63(65)73-57)22-20-66-50(83)11-9-10-40-33-80(76-75-40)35-54(87)95-64(8-3)45-29-48-55-38(32-81(48)60(90)44(45)36-94-62(64)93)28-42-43(34-77(4)5)49(82)18-16-46(42)71-55/h12-16,18,28-29,31,33,47,68,82H,6-11,17,19-27,30,32,34-36H2,1-5H3,(H,66,83)(H,67,84)(H,72,88)(H,91,92)(H3,65,69,73,74,89)/t47?,64-/m0/s1. The van der Waals surface area contributed by atoms with Crippen LogP contribution in [0.2, 0.25) is 0 Å². The maximum absolute atomic E-state index is 14.2. The van der Waals surface area contributed by atoms with E-state index in [2.05, 4.69) is 51.5 Å². The number of carbonyl (C=O) groups is 8.